The van der Waals surface area contributed by atoms with Crippen LogP contribution in [0.15, 0.2) is 58.8 Å². The third kappa shape index (κ3) is 5.21. The van der Waals surface area contributed by atoms with E-state index in [0.717, 1.165) is 10.6 Å². The Hall–Kier alpha value is -3.28. The molecule has 2 N–H and O–H groups in total. The standard InChI is InChI=1S/C22H20N4O4S3/c1-13-20(19-12-31-21(25-19)24-16-6-4-5-15(11-16)14(2)27)32-22(23-13)26-33(28,29)18-9-7-17(30-3)8-10-18/h4-12H,1-3H3,(H,23,26)(H,24,25). The number of carbonyl (C=O) groups excluding carboxylic acids is 1. The number of carbonyl (C=O) groups is 1. The zero-order valence-electron chi connectivity index (χ0n) is 17.9. The van der Waals surface area contributed by atoms with Gasteiger partial charge in [0.2, 0.25) is 0 Å². The van der Waals surface area contributed by atoms with Gasteiger partial charge >= 0.3 is 0 Å². The van der Waals surface area contributed by atoms with Gasteiger partial charge in [-0.15, -0.1) is 11.3 Å². The number of sulfonamides is 1. The molecule has 0 fully saturated rings. The number of anilines is 3. The fraction of sp³-hybridized carbons (Fsp3) is 0.136. The van der Waals surface area contributed by atoms with E-state index in [4.69, 9.17) is 4.74 Å². The van der Waals surface area contributed by atoms with Crippen molar-refractivity contribution in [1.82, 2.24) is 9.97 Å². The van der Waals surface area contributed by atoms with Crippen LogP contribution in [0, 0.1) is 6.92 Å². The van der Waals surface area contributed by atoms with Crippen LogP contribution in [0.4, 0.5) is 16.0 Å². The molecule has 0 aliphatic rings. The summed E-state index contributed by atoms with van der Waals surface area (Å²) in [5, 5.41) is 5.99. The second-order valence-electron chi connectivity index (χ2n) is 7.01. The first kappa shape index (κ1) is 22.9. The topological polar surface area (TPSA) is 110 Å². The average Bonchev–Trinajstić information content (AvgIpc) is 3.39. The van der Waals surface area contributed by atoms with Gasteiger partial charge in [0.25, 0.3) is 10.0 Å². The highest BCUT2D eigenvalue weighted by Gasteiger charge is 2.19. The van der Waals surface area contributed by atoms with Gasteiger partial charge in [-0.05, 0) is 50.2 Å². The Bertz CT molecular complexity index is 1410. The Labute approximate surface area is 199 Å². The summed E-state index contributed by atoms with van der Waals surface area (Å²) in [7, 11) is -2.27. The van der Waals surface area contributed by atoms with E-state index < -0.39 is 10.0 Å². The number of methoxy groups -OCH3 is 1. The van der Waals surface area contributed by atoms with Gasteiger partial charge in [0.15, 0.2) is 16.0 Å². The number of thiazole rings is 2. The first-order chi connectivity index (χ1) is 15.7. The van der Waals surface area contributed by atoms with Crippen molar-refractivity contribution in [2.24, 2.45) is 0 Å². The van der Waals surface area contributed by atoms with Gasteiger partial charge in [-0.3, -0.25) is 9.52 Å². The Balaban J connectivity index is 1.52. The summed E-state index contributed by atoms with van der Waals surface area (Å²) < 4.78 is 33.0. The van der Waals surface area contributed by atoms with Crippen molar-refractivity contribution in [2.45, 2.75) is 18.7 Å². The zero-order chi connectivity index (χ0) is 23.6. The Morgan fingerprint density at radius 1 is 1.06 bits per heavy atom. The van der Waals surface area contributed by atoms with Crippen LogP contribution in [0.25, 0.3) is 10.6 Å². The van der Waals surface area contributed by atoms with E-state index in [1.54, 1.807) is 31.2 Å². The SMILES string of the molecule is COc1ccc(S(=O)(=O)Nc2nc(C)c(-c3csc(Nc4cccc(C(C)=O)c4)n3)s2)cc1. The predicted octanol–water partition coefficient (Wildman–Crippen LogP) is 5.33. The van der Waals surface area contributed by atoms with E-state index in [1.165, 1.54) is 48.8 Å². The summed E-state index contributed by atoms with van der Waals surface area (Å²) in [6.45, 7) is 3.33. The number of nitrogens with one attached hydrogen (secondary N) is 2. The summed E-state index contributed by atoms with van der Waals surface area (Å²) in [4.78, 5) is 21.4. The van der Waals surface area contributed by atoms with Crippen molar-refractivity contribution < 1.29 is 17.9 Å². The van der Waals surface area contributed by atoms with Crippen molar-refractivity contribution in [3.8, 4) is 16.3 Å². The highest BCUT2D eigenvalue weighted by molar-refractivity contribution is 7.93. The number of rotatable bonds is 8. The van der Waals surface area contributed by atoms with Gasteiger partial charge in [-0.2, -0.15) is 0 Å². The van der Waals surface area contributed by atoms with Crippen molar-refractivity contribution in [1.29, 1.82) is 0 Å². The molecule has 0 saturated heterocycles. The summed E-state index contributed by atoms with van der Waals surface area (Å²) in [6.07, 6.45) is 0. The Kier molecular flexibility index (Phi) is 6.45. The van der Waals surface area contributed by atoms with E-state index in [2.05, 4.69) is 20.0 Å². The van der Waals surface area contributed by atoms with Crippen LogP contribution in [0.3, 0.4) is 0 Å². The van der Waals surface area contributed by atoms with E-state index in [0.29, 0.717) is 27.8 Å². The number of ketones is 1. The van der Waals surface area contributed by atoms with E-state index in [1.807, 2.05) is 17.5 Å². The molecule has 0 amide bonds. The molecule has 2 aromatic carbocycles. The maximum absolute atomic E-state index is 12.7. The molecule has 0 atom stereocenters. The van der Waals surface area contributed by atoms with E-state index in [-0.39, 0.29) is 15.8 Å². The molecule has 0 aliphatic carbocycles. The molecule has 170 valence electrons. The molecule has 0 spiro atoms. The largest absolute Gasteiger partial charge is 0.497 e. The lowest BCUT2D eigenvalue weighted by atomic mass is 10.1. The number of nitrogens with zero attached hydrogens (tertiary/aromatic N) is 2. The third-order valence-corrected chi connectivity index (χ3v) is 7.98. The van der Waals surface area contributed by atoms with Crippen LogP contribution in [0.2, 0.25) is 0 Å². The number of aryl methyl sites for hydroxylation is 1. The van der Waals surface area contributed by atoms with Crippen molar-refractivity contribution in [2.75, 3.05) is 17.1 Å². The molecular weight excluding hydrogens is 480 g/mol. The van der Waals surface area contributed by atoms with Crippen LogP contribution < -0.4 is 14.8 Å². The number of hydrogen-bond donors (Lipinski definition) is 2. The van der Waals surface area contributed by atoms with E-state index >= 15 is 0 Å². The van der Waals surface area contributed by atoms with Gasteiger partial charge in [-0.1, -0.05) is 23.5 Å². The summed E-state index contributed by atoms with van der Waals surface area (Å²) in [6, 6.07) is 13.3. The summed E-state index contributed by atoms with van der Waals surface area (Å²) >= 11 is 2.62. The lowest BCUT2D eigenvalue weighted by Crippen LogP contribution is -2.12. The second kappa shape index (κ2) is 9.30. The van der Waals surface area contributed by atoms with Gasteiger partial charge in [0.05, 0.1) is 28.3 Å². The monoisotopic (exact) mass is 500 g/mol. The fourth-order valence-electron chi connectivity index (χ4n) is 2.98. The molecule has 11 heteroatoms. The number of benzene rings is 2. The molecule has 0 radical (unpaired) electrons. The molecule has 0 unspecified atom stereocenters. The Morgan fingerprint density at radius 3 is 2.52 bits per heavy atom. The lowest BCUT2D eigenvalue weighted by Gasteiger charge is -2.06. The van der Waals surface area contributed by atoms with Crippen LogP contribution in [-0.2, 0) is 10.0 Å². The first-order valence-corrected chi connectivity index (χ1v) is 12.9. The highest BCUT2D eigenvalue weighted by Crippen LogP contribution is 2.36. The molecule has 33 heavy (non-hydrogen) atoms. The van der Waals surface area contributed by atoms with Gasteiger partial charge in [0, 0.05) is 16.6 Å². The quantitative estimate of drug-likeness (QED) is 0.315. The van der Waals surface area contributed by atoms with E-state index in [9.17, 15) is 13.2 Å². The molecular formula is C22H20N4O4S3. The second-order valence-corrected chi connectivity index (χ2v) is 10.6. The van der Waals surface area contributed by atoms with Crippen molar-refractivity contribution >= 4 is 54.4 Å². The average molecular weight is 501 g/mol. The molecule has 4 aromatic rings. The van der Waals surface area contributed by atoms with Crippen LogP contribution in [0.5, 0.6) is 5.75 Å². The minimum Gasteiger partial charge on any atom is -0.497 e. The number of aromatic nitrogens is 2. The minimum atomic E-state index is -3.79. The van der Waals surface area contributed by atoms with Crippen molar-refractivity contribution in [3.05, 3.63) is 65.2 Å². The van der Waals surface area contributed by atoms with Crippen LogP contribution in [-0.4, -0.2) is 31.3 Å². The third-order valence-electron chi connectivity index (χ3n) is 4.65. The minimum absolute atomic E-state index is 0.0108. The maximum atomic E-state index is 12.7. The molecule has 0 bridgehead atoms. The number of Topliss-reactive ketones (excluding diaryl/α,β-unsaturated/α-hetero) is 1. The first-order valence-electron chi connectivity index (χ1n) is 9.73. The van der Waals surface area contributed by atoms with Gasteiger partial charge in [0.1, 0.15) is 5.75 Å². The summed E-state index contributed by atoms with van der Waals surface area (Å²) in [5.74, 6) is 0.561. The zero-order valence-corrected chi connectivity index (χ0v) is 20.4. The smallest absolute Gasteiger partial charge is 0.263 e. The number of ether oxygens (including phenoxy) is 1. The fourth-order valence-corrected chi connectivity index (χ4v) is 5.94. The molecule has 8 nitrogen and oxygen atoms in total. The summed E-state index contributed by atoms with van der Waals surface area (Å²) in [5.41, 5.74) is 2.74. The Morgan fingerprint density at radius 2 is 1.82 bits per heavy atom. The van der Waals surface area contributed by atoms with Crippen LogP contribution >= 0.6 is 22.7 Å². The molecule has 0 aliphatic heterocycles. The van der Waals surface area contributed by atoms with Gasteiger partial charge in [-0.25, -0.2) is 18.4 Å². The number of hydrogen-bond acceptors (Lipinski definition) is 9. The molecule has 2 aromatic heterocycles. The van der Waals surface area contributed by atoms with Gasteiger partial charge < -0.3 is 10.1 Å². The van der Waals surface area contributed by atoms with Crippen molar-refractivity contribution in [3.63, 3.8) is 0 Å². The normalized spacial score (nSPS) is 11.2. The van der Waals surface area contributed by atoms with Crippen LogP contribution in [0.1, 0.15) is 23.0 Å². The molecule has 0 saturated carbocycles. The molecule has 2 heterocycles. The maximum Gasteiger partial charge on any atom is 0.263 e. The highest BCUT2D eigenvalue weighted by atomic mass is 32.2. The molecule has 4 rings (SSSR count). The predicted molar refractivity (Wildman–Crippen MR) is 131 cm³/mol. The lowest BCUT2D eigenvalue weighted by molar-refractivity contribution is 0.101.